The minimum atomic E-state index is -3.80. The standard InChI is InChI=1S/C11H9BrClNO4S/c1-2-5-14-11(15)7-18-10-4-3-8(6-9(10)12)19(13,16)17/h1,3-4,6H,5,7H2,(H,14,15). The zero-order chi connectivity index (χ0) is 14.5. The van der Waals surface area contributed by atoms with Crippen LogP contribution < -0.4 is 10.1 Å². The molecule has 0 saturated heterocycles. The molecule has 5 nitrogen and oxygen atoms in total. The topological polar surface area (TPSA) is 72.5 Å². The first kappa shape index (κ1) is 15.8. The van der Waals surface area contributed by atoms with Crippen LogP contribution in [0.4, 0.5) is 0 Å². The summed E-state index contributed by atoms with van der Waals surface area (Å²) < 4.78 is 27.8. The fraction of sp³-hybridized carbons (Fsp3) is 0.182. The van der Waals surface area contributed by atoms with E-state index in [9.17, 15) is 13.2 Å². The first-order valence-corrected chi connectivity index (χ1v) is 8.02. The Morgan fingerprint density at radius 3 is 2.74 bits per heavy atom. The second-order valence-corrected chi connectivity index (χ2v) is 6.72. The van der Waals surface area contributed by atoms with Gasteiger partial charge in [0, 0.05) is 10.7 Å². The number of carbonyl (C=O) groups is 1. The van der Waals surface area contributed by atoms with E-state index < -0.39 is 9.05 Å². The second kappa shape index (κ2) is 6.80. The average molecular weight is 367 g/mol. The molecule has 0 atom stereocenters. The Balaban J connectivity index is 2.71. The summed E-state index contributed by atoms with van der Waals surface area (Å²) in [4.78, 5) is 11.2. The lowest BCUT2D eigenvalue weighted by molar-refractivity contribution is -0.122. The molecule has 1 N–H and O–H groups in total. The van der Waals surface area contributed by atoms with Gasteiger partial charge in [-0.3, -0.25) is 4.79 Å². The van der Waals surface area contributed by atoms with Crippen molar-refractivity contribution in [3.05, 3.63) is 22.7 Å². The van der Waals surface area contributed by atoms with Crippen LogP contribution in [0.2, 0.25) is 0 Å². The maximum Gasteiger partial charge on any atom is 0.261 e. The van der Waals surface area contributed by atoms with Crippen molar-refractivity contribution in [1.82, 2.24) is 5.32 Å². The Kier molecular flexibility index (Phi) is 5.66. The van der Waals surface area contributed by atoms with Crippen molar-refractivity contribution >= 4 is 41.6 Å². The third kappa shape index (κ3) is 5.11. The highest BCUT2D eigenvalue weighted by Gasteiger charge is 2.13. The molecule has 0 fully saturated rings. The quantitative estimate of drug-likeness (QED) is 0.633. The lowest BCUT2D eigenvalue weighted by atomic mass is 10.3. The summed E-state index contributed by atoms with van der Waals surface area (Å²) in [5, 5.41) is 2.43. The summed E-state index contributed by atoms with van der Waals surface area (Å²) in [7, 11) is 1.40. The second-order valence-electron chi connectivity index (χ2n) is 3.30. The lowest BCUT2D eigenvalue weighted by Gasteiger charge is -2.08. The molecule has 1 rings (SSSR count). The number of carbonyl (C=O) groups excluding carboxylic acids is 1. The van der Waals surface area contributed by atoms with Crippen molar-refractivity contribution in [2.75, 3.05) is 13.2 Å². The van der Waals surface area contributed by atoms with E-state index in [1.165, 1.54) is 18.2 Å². The van der Waals surface area contributed by atoms with Crippen LogP contribution in [-0.2, 0) is 13.8 Å². The van der Waals surface area contributed by atoms with E-state index in [2.05, 4.69) is 27.2 Å². The van der Waals surface area contributed by atoms with Gasteiger partial charge in [-0.15, -0.1) is 6.42 Å². The van der Waals surface area contributed by atoms with Crippen LogP contribution in [0.1, 0.15) is 0 Å². The van der Waals surface area contributed by atoms with Gasteiger partial charge in [-0.2, -0.15) is 0 Å². The van der Waals surface area contributed by atoms with Crippen molar-refractivity contribution in [1.29, 1.82) is 0 Å². The molecule has 0 radical (unpaired) electrons. The van der Waals surface area contributed by atoms with Gasteiger partial charge in [0.2, 0.25) is 0 Å². The molecule has 1 aromatic rings. The van der Waals surface area contributed by atoms with Gasteiger partial charge in [0.25, 0.3) is 15.0 Å². The van der Waals surface area contributed by atoms with Gasteiger partial charge in [0.05, 0.1) is 15.9 Å². The summed E-state index contributed by atoms with van der Waals surface area (Å²) in [6.07, 6.45) is 4.98. The van der Waals surface area contributed by atoms with Crippen LogP contribution in [0, 0.1) is 12.3 Å². The van der Waals surface area contributed by atoms with Gasteiger partial charge >= 0.3 is 0 Å². The monoisotopic (exact) mass is 365 g/mol. The summed E-state index contributed by atoms with van der Waals surface area (Å²) in [5.74, 6) is 2.20. The van der Waals surface area contributed by atoms with E-state index in [1.54, 1.807) is 0 Å². The molecular weight excluding hydrogens is 358 g/mol. The Morgan fingerprint density at radius 1 is 1.53 bits per heavy atom. The molecule has 0 aromatic heterocycles. The fourth-order valence-corrected chi connectivity index (χ4v) is 2.52. The van der Waals surface area contributed by atoms with E-state index in [0.29, 0.717) is 10.2 Å². The number of ether oxygens (including phenoxy) is 1. The van der Waals surface area contributed by atoms with Crippen molar-refractivity contribution in [2.24, 2.45) is 0 Å². The summed E-state index contributed by atoms with van der Waals surface area (Å²) in [6, 6.07) is 3.96. The Labute approximate surface area is 123 Å². The van der Waals surface area contributed by atoms with E-state index in [-0.39, 0.29) is 24.0 Å². The normalized spacial score (nSPS) is 10.6. The molecule has 0 spiro atoms. The molecule has 1 aromatic carbocycles. The number of amides is 1. The number of hydrogen-bond acceptors (Lipinski definition) is 4. The predicted octanol–water partition coefficient (Wildman–Crippen LogP) is 1.50. The van der Waals surface area contributed by atoms with Crippen LogP contribution in [0.5, 0.6) is 5.75 Å². The van der Waals surface area contributed by atoms with Gasteiger partial charge in [0.15, 0.2) is 6.61 Å². The number of rotatable bonds is 5. The molecule has 0 bridgehead atoms. The zero-order valence-corrected chi connectivity index (χ0v) is 12.7. The minimum Gasteiger partial charge on any atom is -0.483 e. The van der Waals surface area contributed by atoms with Crippen LogP contribution in [-0.4, -0.2) is 27.5 Å². The number of hydrogen-bond donors (Lipinski definition) is 1. The minimum absolute atomic E-state index is 0.0647. The molecular formula is C11H9BrClNO4S. The summed E-state index contributed by atoms with van der Waals surface area (Å²) in [6.45, 7) is -0.111. The first-order chi connectivity index (χ1) is 8.84. The Morgan fingerprint density at radius 2 is 2.21 bits per heavy atom. The van der Waals surface area contributed by atoms with Gasteiger partial charge in [-0.25, -0.2) is 8.42 Å². The highest BCUT2D eigenvalue weighted by Crippen LogP contribution is 2.29. The third-order valence-corrected chi connectivity index (χ3v) is 3.90. The Bertz CT molecular complexity index is 624. The van der Waals surface area contributed by atoms with Crippen LogP contribution in [0.25, 0.3) is 0 Å². The number of benzene rings is 1. The Hall–Kier alpha value is -1.23. The number of nitrogens with one attached hydrogen (secondary N) is 1. The smallest absolute Gasteiger partial charge is 0.261 e. The van der Waals surface area contributed by atoms with Crippen LogP contribution in [0.3, 0.4) is 0 Å². The van der Waals surface area contributed by atoms with Crippen molar-refractivity contribution < 1.29 is 17.9 Å². The molecule has 0 aliphatic carbocycles. The molecule has 0 heterocycles. The average Bonchev–Trinajstić information content (AvgIpc) is 2.33. The lowest BCUT2D eigenvalue weighted by Crippen LogP contribution is -2.29. The van der Waals surface area contributed by atoms with Crippen LogP contribution in [0.15, 0.2) is 27.6 Å². The molecule has 8 heteroatoms. The van der Waals surface area contributed by atoms with E-state index >= 15 is 0 Å². The molecule has 1 amide bonds. The van der Waals surface area contributed by atoms with Crippen molar-refractivity contribution in [3.8, 4) is 18.1 Å². The summed E-state index contributed by atoms with van der Waals surface area (Å²) in [5.41, 5.74) is 0. The van der Waals surface area contributed by atoms with Gasteiger partial charge in [0.1, 0.15) is 5.75 Å². The van der Waals surface area contributed by atoms with Crippen molar-refractivity contribution in [3.63, 3.8) is 0 Å². The maximum absolute atomic E-state index is 11.2. The molecule has 19 heavy (non-hydrogen) atoms. The third-order valence-electron chi connectivity index (χ3n) is 1.93. The largest absolute Gasteiger partial charge is 0.483 e. The SMILES string of the molecule is C#CCNC(=O)COc1ccc(S(=O)(=O)Cl)cc1Br. The number of halogens is 2. The van der Waals surface area contributed by atoms with Gasteiger partial charge in [-0.05, 0) is 34.1 Å². The highest BCUT2D eigenvalue weighted by molar-refractivity contribution is 9.10. The van der Waals surface area contributed by atoms with E-state index in [4.69, 9.17) is 21.8 Å². The molecule has 0 saturated carbocycles. The van der Waals surface area contributed by atoms with Gasteiger partial charge < -0.3 is 10.1 Å². The van der Waals surface area contributed by atoms with E-state index in [0.717, 1.165) is 0 Å². The number of terminal acetylenes is 1. The summed E-state index contributed by atoms with van der Waals surface area (Å²) >= 11 is 3.13. The molecule has 0 aliphatic rings. The fourth-order valence-electron chi connectivity index (χ4n) is 1.09. The zero-order valence-electron chi connectivity index (χ0n) is 9.52. The van der Waals surface area contributed by atoms with E-state index in [1.807, 2.05) is 0 Å². The highest BCUT2D eigenvalue weighted by atomic mass is 79.9. The van der Waals surface area contributed by atoms with Crippen LogP contribution >= 0.6 is 26.6 Å². The van der Waals surface area contributed by atoms with Gasteiger partial charge in [-0.1, -0.05) is 5.92 Å². The molecule has 0 unspecified atom stereocenters. The maximum atomic E-state index is 11.2. The van der Waals surface area contributed by atoms with Crippen molar-refractivity contribution in [2.45, 2.75) is 4.90 Å². The molecule has 102 valence electrons. The predicted molar refractivity (Wildman–Crippen MR) is 74.5 cm³/mol. The molecule has 0 aliphatic heterocycles. The first-order valence-electron chi connectivity index (χ1n) is 4.92.